The highest BCUT2D eigenvalue weighted by Gasteiger charge is 2.20. The first kappa shape index (κ1) is 16.1. The van der Waals surface area contributed by atoms with E-state index in [1.807, 2.05) is 19.0 Å². The van der Waals surface area contributed by atoms with Gasteiger partial charge in [-0.05, 0) is 48.1 Å². The van der Waals surface area contributed by atoms with Crippen LogP contribution in [0.25, 0.3) is 0 Å². The molecular weight excluding hydrogens is 311 g/mol. The van der Waals surface area contributed by atoms with E-state index in [2.05, 4.69) is 35.1 Å². The second kappa shape index (κ2) is 7.01. The van der Waals surface area contributed by atoms with Gasteiger partial charge in [-0.3, -0.25) is 4.79 Å². The molecule has 0 bridgehead atoms. The Hall–Kier alpha value is -0.940. The minimum absolute atomic E-state index is 0.0256. The first-order valence-corrected chi connectivity index (χ1v) is 7.01. The Balaban J connectivity index is 2.85. The largest absolute Gasteiger partial charge is 0.348 e. The highest BCUT2D eigenvalue weighted by atomic mass is 79.9. The van der Waals surface area contributed by atoms with Crippen LogP contribution >= 0.6 is 15.9 Å². The summed E-state index contributed by atoms with van der Waals surface area (Å²) < 4.78 is 13.6. The highest BCUT2D eigenvalue weighted by molar-refractivity contribution is 9.10. The fourth-order valence-electron chi connectivity index (χ4n) is 1.74. The standard InChI is InChI=1S/C14H20BrFN2O/c1-9(2)12(8-18(3)4)17-14(19)10-6-5-7-11(16)13(10)15/h5-7,9,12H,8H2,1-4H3,(H,17,19). The van der Waals surface area contributed by atoms with Crippen LogP contribution in [0.2, 0.25) is 0 Å². The Kier molecular flexibility index (Phi) is 5.94. The summed E-state index contributed by atoms with van der Waals surface area (Å²) in [6.07, 6.45) is 0. The Morgan fingerprint density at radius 1 is 1.42 bits per heavy atom. The monoisotopic (exact) mass is 330 g/mol. The van der Waals surface area contributed by atoms with Gasteiger partial charge in [0.15, 0.2) is 0 Å². The predicted octanol–water partition coefficient (Wildman–Crippen LogP) is 2.90. The Labute approximate surface area is 122 Å². The number of hydrogen-bond donors (Lipinski definition) is 1. The zero-order valence-corrected chi connectivity index (χ0v) is 13.3. The minimum Gasteiger partial charge on any atom is -0.348 e. The number of halogens is 2. The summed E-state index contributed by atoms with van der Waals surface area (Å²) in [6, 6.07) is 4.49. The molecule has 1 amide bonds. The van der Waals surface area contributed by atoms with Gasteiger partial charge in [0.25, 0.3) is 5.91 Å². The molecule has 0 aromatic heterocycles. The zero-order chi connectivity index (χ0) is 14.6. The molecule has 0 fully saturated rings. The van der Waals surface area contributed by atoms with Gasteiger partial charge in [0.05, 0.1) is 10.0 Å². The quantitative estimate of drug-likeness (QED) is 0.900. The molecule has 0 heterocycles. The normalized spacial score (nSPS) is 12.8. The molecule has 5 heteroatoms. The first-order valence-electron chi connectivity index (χ1n) is 6.22. The molecule has 0 saturated heterocycles. The number of amides is 1. The number of nitrogens with one attached hydrogen (secondary N) is 1. The third-order valence-corrected chi connectivity index (χ3v) is 3.69. The minimum atomic E-state index is -0.429. The van der Waals surface area contributed by atoms with Crippen molar-refractivity contribution in [3.05, 3.63) is 34.1 Å². The van der Waals surface area contributed by atoms with Crippen molar-refractivity contribution in [2.24, 2.45) is 5.92 Å². The zero-order valence-electron chi connectivity index (χ0n) is 11.7. The van der Waals surface area contributed by atoms with E-state index in [1.165, 1.54) is 12.1 Å². The summed E-state index contributed by atoms with van der Waals surface area (Å²) >= 11 is 3.11. The summed E-state index contributed by atoms with van der Waals surface area (Å²) in [5.41, 5.74) is 0.324. The van der Waals surface area contributed by atoms with Crippen LogP contribution in [0.5, 0.6) is 0 Å². The van der Waals surface area contributed by atoms with Gasteiger partial charge in [0, 0.05) is 12.6 Å². The molecule has 0 aliphatic rings. The van der Waals surface area contributed by atoms with Gasteiger partial charge < -0.3 is 10.2 Å². The van der Waals surface area contributed by atoms with Gasteiger partial charge >= 0.3 is 0 Å². The van der Waals surface area contributed by atoms with E-state index in [-0.39, 0.29) is 16.4 Å². The lowest BCUT2D eigenvalue weighted by atomic mass is 10.0. The van der Waals surface area contributed by atoms with Crippen LogP contribution in [-0.2, 0) is 0 Å². The SMILES string of the molecule is CC(C)C(CN(C)C)NC(=O)c1cccc(F)c1Br. The molecular formula is C14H20BrFN2O. The predicted molar refractivity (Wildman–Crippen MR) is 78.7 cm³/mol. The van der Waals surface area contributed by atoms with Crippen LogP contribution in [0.3, 0.4) is 0 Å². The molecule has 0 radical (unpaired) electrons. The van der Waals surface area contributed by atoms with Crippen LogP contribution < -0.4 is 5.32 Å². The van der Waals surface area contributed by atoms with Crippen LogP contribution in [0.4, 0.5) is 4.39 Å². The van der Waals surface area contributed by atoms with Crippen molar-refractivity contribution in [1.29, 1.82) is 0 Å². The fourth-order valence-corrected chi connectivity index (χ4v) is 2.19. The average molecular weight is 331 g/mol. The van der Waals surface area contributed by atoms with E-state index in [9.17, 15) is 9.18 Å². The van der Waals surface area contributed by atoms with Crippen LogP contribution in [0.1, 0.15) is 24.2 Å². The maximum Gasteiger partial charge on any atom is 0.252 e. The molecule has 1 rings (SSSR count). The number of rotatable bonds is 5. The van der Waals surface area contributed by atoms with Gasteiger partial charge in [-0.15, -0.1) is 0 Å². The van der Waals surface area contributed by atoms with Gasteiger partial charge in [-0.2, -0.15) is 0 Å². The van der Waals surface area contributed by atoms with Gasteiger partial charge in [-0.25, -0.2) is 4.39 Å². The molecule has 0 aliphatic heterocycles. The number of likely N-dealkylation sites (N-methyl/N-ethyl adjacent to an activating group) is 1. The second-order valence-electron chi connectivity index (χ2n) is 5.19. The second-order valence-corrected chi connectivity index (χ2v) is 5.98. The van der Waals surface area contributed by atoms with Crippen LogP contribution in [0, 0.1) is 11.7 Å². The Bertz CT molecular complexity index is 449. The Morgan fingerprint density at radius 2 is 2.05 bits per heavy atom. The topological polar surface area (TPSA) is 32.3 Å². The summed E-state index contributed by atoms with van der Waals surface area (Å²) in [6.45, 7) is 4.85. The molecule has 1 aromatic rings. The number of benzene rings is 1. The van der Waals surface area contributed by atoms with Crippen LogP contribution in [0.15, 0.2) is 22.7 Å². The molecule has 1 unspecified atom stereocenters. The van der Waals surface area contributed by atoms with Crippen molar-refractivity contribution in [2.75, 3.05) is 20.6 Å². The van der Waals surface area contributed by atoms with Crippen molar-refractivity contribution in [1.82, 2.24) is 10.2 Å². The number of hydrogen-bond acceptors (Lipinski definition) is 2. The van der Waals surface area contributed by atoms with E-state index < -0.39 is 5.82 Å². The van der Waals surface area contributed by atoms with Crippen molar-refractivity contribution < 1.29 is 9.18 Å². The van der Waals surface area contributed by atoms with Gasteiger partial charge in [0.1, 0.15) is 5.82 Å². The van der Waals surface area contributed by atoms with Crippen molar-refractivity contribution in [3.63, 3.8) is 0 Å². The Morgan fingerprint density at radius 3 is 2.58 bits per heavy atom. The van der Waals surface area contributed by atoms with E-state index in [1.54, 1.807) is 6.07 Å². The molecule has 0 aliphatic carbocycles. The molecule has 19 heavy (non-hydrogen) atoms. The third kappa shape index (κ3) is 4.58. The van der Waals surface area contributed by atoms with E-state index in [0.717, 1.165) is 6.54 Å². The van der Waals surface area contributed by atoms with E-state index in [4.69, 9.17) is 0 Å². The maximum absolute atomic E-state index is 13.4. The maximum atomic E-state index is 13.4. The van der Waals surface area contributed by atoms with Crippen LogP contribution in [-0.4, -0.2) is 37.5 Å². The number of carbonyl (C=O) groups excluding carboxylic acids is 1. The smallest absolute Gasteiger partial charge is 0.252 e. The molecule has 106 valence electrons. The van der Waals surface area contributed by atoms with Crippen molar-refractivity contribution in [3.8, 4) is 0 Å². The van der Waals surface area contributed by atoms with Gasteiger partial charge in [-0.1, -0.05) is 19.9 Å². The lowest BCUT2D eigenvalue weighted by Gasteiger charge is -2.25. The summed E-state index contributed by atoms with van der Waals surface area (Å²) in [7, 11) is 3.92. The molecule has 1 N–H and O–H groups in total. The molecule has 1 atom stereocenters. The fraction of sp³-hybridized carbons (Fsp3) is 0.500. The van der Waals surface area contributed by atoms with E-state index in [0.29, 0.717) is 11.5 Å². The molecule has 0 spiro atoms. The van der Waals surface area contributed by atoms with Crippen molar-refractivity contribution >= 4 is 21.8 Å². The molecule has 3 nitrogen and oxygen atoms in total. The summed E-state index contributed by atoms with van der Waals surface area (Å²) in [5.74, 6) is -0.382. The lowest BCUT2D eigenvalue weighted by molar-refractivity contribution is 0.0915. The molecule has 0 saturated carbocycles. The number of nitrogens with zero attached hydrogens (tertiary/aromatic N) is 1. The number of carbonyl (C=O) groups is 1. The highest BCUT2D eigenvalue weighted by Crippen LogP contribution is 2.20. The molecule has 1 aromatic carbocycles. The van der Waals surface area contributed by atoms with Crippen molar-refractivity contribution in [2.45, 2.75) is 19.9 Å². The third-order valence-electron chi connectivity index (χ3n) is 2.88. The summed E-state index contributed by atoms with van der Waals surface area (Å²) in [5, 5.41) is 2.95. The lowest BCUT2D eigenvalue weighted by Crippen LogP contribution is -2.45. The summed E-state index contributed by atoms with van der Waals surface area (Å²) in [4.78, 5) is 14.2. The first-order chi connectivity index (χ1) is 8.82. The van der Waals surface area contributed by atoms with E-state index >= 15 is 0 Å². The van der Waals surface area contributed by atoms with Gasteiger partial charge in [0.2, 0.25) is 0 Å². The average Bonchev–Trinajstić information content (AvgIpc) is 2.31.